The van der Waals surface area contributed by atoms with E-state index in [9.17, 15) is 0 Å². The van der Waals surface area contributed by atoms with E-state index in [4.69, 9.17) is 0 Å². The molecule has 0 nitrogen and oxygen atoms in total. The molecule has 0 heterocycles. The molecule has 0 radical (unpaired) electrons. The molecule has 4 heteroatoms. The third-order valence-electron chi connectivity index (χ3n) is 8.57. The zero-order valence-corrected chi connectivity index (χ0v) is 27.2. The van der Waals surface area contributed by atoms with E-state index in [1.54, 1.807) is 22.3 Å². The molecule has 0 spiro atoms. The molecule has 0 saturated heterocycles. The first-order valence-corrected chi connectivity index (χ1v) is 25.2. The molecule has 0 saturated carbocycles. The Morgan fingerprint density at radius 1 is 0.758 bits per heavy atom. The van der Waals surface area contributed by atoms with Gasteiger partial charge in [0, 0.05) is 0 Å². The molecule has 2 unspecified atom stereocenters. The van der Waals surface area contributed by atoms with Gasteiger partial charge in [0.15, 0.2) is 0 Å². The van der Waals surface area contributed by atoms with Crippen LogP contribution < -0.4 is 0 Å². The van der Waals surface area contributed by atoms with E-state index in [2.05, 4.69) is 107 Å². The third-order valence-corrected chi connectivity index (χ3v) is 25.8. The quantitative estimate of drug-likeness (QED) is 0.320. The predicted octanol–water partition coefficient (Wildman–Crippen LogP) is 8.54. The molecule has 178 valence electrons. The van der Waals surface area contributed by atoms with E-state index in [1.807, 2.05) is 3.28 Å². The first-order chi connectivity index (χ1) is 14.3. The van der Waals surface area contributed by atoms with Gasteiger partial charge in [-0.1, -0.05) is 0 Å². The van der Waals surface area contributed by atoms with Crippen LogP contribution >= 0.6 is 24.8 Å². The van der Waals surface area contributed by atoms with Crippen LogP contribution in [0.2, 0.25) is 9.26 Å². The Kier molecular flexibility index (Phi) is 8.16. The second kappa shape index (κ2) is 9.42. The van der Waals surface area contributed by atoms with Crippen LogP contribution in [0, 0.1) is 26.7 Å². The molecule has 0 fully saturated rings. The molecule has 2 atom stereocenters. The Balaban J connectivity index is 0.00000193. The van der Waals surface area contributed by atoms with Crippen molar-refractivity contribution in [3.05, 3.63) is 95.9 Å². The minimum absolute atomic E-state index is 0. The van der Waals surface area contributed by atoms with Crippen LogP contribution in [0.5, 0.6) is 0 Å². The summed E-state index contributed by atoms with van der Waals surface area (Å²) in [5.41, 5.74) is 14.8. The van der Waals surface area contributed by atoms with Crippen LogP contribution in [-0.4, -0.2) is 6.88 Å². The predicted molar refractivity (Wildman–Crippen MR) is 152 cm³/mol. The average molecular weight is 579 g/mol. The smallest absolute Gasteiger partial charge is 0.147 e. The van der Waals surface area contributed by atoms with Gasteiger partial charge < -0.3 is 0 Å². The normalized spacial score (nSPS) is 20.4. The Morgan fingerprint density at radius 2 is 1.33 bits per heavy atom. The van der Waals surface area contributed by atoms with Crippen LogP contribution in [-0.2, 0) is 17.4 Å². The van der Waals surface area contributed by atoms with E-state index >= 15 is 0 Å². The Morgan fingerprint density at radius 3 is 1.91 bits per heavy atom. The summed E-state index contributed by atoms with van der Waals surface area (Å²) in [5.74, 6) is 0.589. The fourth-order valence-electron chi connectivity index (χ4n) is 6.47. The maximum absolute atomic E-state index is 3.34. The van der Waals surface area contributed by atoms with Crippen LogP contribution in [0.15, 0.2) is 62.5 Å². The van der Waals surface area contributed by atoms with Crippen LogP contribution in [0.25, 0.3) is 5.57 Å². The van der Waals surface area contributed by atoms with E-state index in [1.165, 1.54) is 33.4 Å². The molecule has 0 N–H and O–H groups in total. The van der Waals surface area contributed by atoms with E-state index in [0.717, 1.165) is 0 Å². The summed E-state index contributed by atoms with van der Waals surface area (Å²) in [6.45, 7) is 18.7. The third kappa shape index (κ3) is 4.40. The van der Waals surface area contributed by atoms with E-state index in [0.29, 0.717) is 9.54 Å². The molecular weight excluding hydrogens is 539 g/mol. The maximum atomic E-state index is 2.70. The van der Waals surface area contributed by atoms with Crippen LogP contribution in [0.3, 0.4) is 0 Å². The second-order valence-electron chi connectivity index (χ2n) is 11.3. The Hall–Kier alpha value is -0.660. The van der Waals surface area contributed by atoms with Crippen molar-refractivity contribution in [3.63, 3.8) is 0 Å². The summed E-state index contributed by atoms with van der Waals surface area (Å²) in [5, 5.41) is 0. The summed E-state index contributed by atoms with van der Waals surface area (Å²) >= 11 is -3.34. The average Bonchev–Trinajstić information content (AvgIpc) is 3.18. The van der Waals surface area contributed by atoms with Crippen molar-refractivity contribution < 1.29 is 17.4 Å². The number of rotatable bonds is 3. The van der Waals surface area contributed by atoms with E-state index in [-0.39, 0.29) is 24.8 Å². The molecule has 2 aromatic carbocycles. The molecule has 0 aromatic heterocycles. The molecule has 0 bridgehead atoms. The number of hydrogen-bond donors (Lipinski definition) is 0. The molecule has 33 heavy (non-hydrogen) atoms. The summed E-state index contributed by atoms with van der Waals surface area (Å²) in [6, 6.07) is 14.0. The minimum atomic E-state index is -3.34. The zero-order chi connectivity index (χ0) is 22.9. The number of allylic oxidation sites excluding steroid dienone is 5. The molecule has 4 rings (SSSR count). The number of hydrogen-bond acceptors (Lipinski definition) is 0. The monoisotopic (exact) mass is 576 g/mol. The number of aryl methyl sites for hydroxylation is 3. The Labute approximate surface area is 216 Å². The molecule has 2 aromatic rings. The van der Waals surface area contributed by atoms with Crippen molar-refractivity contribution in [1.29, 1.82) is 0 Å². The van der Waals surface area contributed by atoms with Gasteiger partial charge in [-0.2, -0.15) is 0 Å². The maximum Gasteiger partial charge on any atom is -0.147 e. The second-order valence-corrected chi connectivity index (χ2v) is 40.8. The Bertz CT molecular complexity index is 1290. The molecule has 2 aliphatic carbocycles. The van der Waals surface area contributed by atoms with Crippen LogP contribution in [0.4, 0.5) is 0 Å². The first-order valence-electron chi connectivity index (χ1n) is 11.7. The summed E-state index contributed by atoms with van der Waals surface area (Å²) < 4.78 is 7.78. The van der Waals surface area contributed by atoms with Gasteiger partial charge in [-0.25, -0.2) is 0 Å². The fraction of sp³-hybridized carbons (Fsp3) is 0.379. The summed E-state index contributed by atoms with van der Waals surface area (Å²) in [6.07, 6.45) is 2.68. The topological polar surface area (TPSA) is 0 Å². The van der Waals surface area contributed by atoms with Crippen molar-refractivity contribution in [2.24, 2.45) is 5.92 Å². The molecule has 0 aliphatic heterocycles. The summed E-state index contributed by atoms with van der Waals surface area (Å²) in [4.78, 5) is 0. The van der Waals surface area contributed by atoms with Gasteiger partial charge in [0.25, 0.3) is 0 Å². The number of fused-ring (bicyclic) bond motifs is 1. The van der Waals surface area contributed by atoms with Crippen molar-refractivity contribution >= 4 is 37.3 Å². The van der Waals surface area contributed by atoms with Gasteiger partial charge in [-0.15, -0.1) is 24.8 Å². The zero-order valence-electron chi connectivity index (χ0n) is 21.7. The largest absolute Gasteiger partial charge is 0.147 e. The molecular formula is C29H40Cl2SiZr. The molecule has 0 amide bonds. The van der Waals surface area contributed by atoms with Gasteiger partial charge in [0.2, 0.25) is 0 Å². The van der Waals surface area contributed by atoms with Gasteiger partial charge in [0.1, 0.15) is 0 Å². The fourth-order valence-corrected chi connectivity index (χ4v) is 25.0. The van der Waals surface area contributed by atoms with Crippen molar-refractivity contribution in [1.82, 2.24) is 0 Å². The van der Waals surface area contributed by atoms with Crippen molar-refractivity contribution in [2.75, 3.05) is 0 Å². The van der Waals surface area contributed by atoms with E-state index < -0.39 is 17.4 Å². The van der Waals surface area contributed by atoms with Gasteiger partial charge in [-0.05, 0) is 0 Å². The van der Waals surface area contributed by atoms with Gasteiger partial charge in [-0.3, -0.25) is 0 Å². The SMILES string of the molecule is CC1=C(C)C(C)[C]([Zr]([CH3])([CH3])(=[SiH2])[CH]2C=C(c3cc(C)c(C)cc3C)c3ccccc32)=C1C.Cl.Cl. The number of benzene rings is 2. The summed E-state index contributed by atoms with van der Waals surface area (Å²) in [7, 11) is 0. The first kappa shape index (κ1) is 28.6. The van der Waals surface area contributed by atoms with Crippen molar-refractivity contribution in [3.8, 4) is 0 Å². The van der Waals surface area contributed by atoms with Gasteiger partial charge >= 0.3 is 193 Å². The minimum Gasteiger partial charge on any atom is -0.147 e. The van der Waals surface area contributed by atoms with Crippen LogP contribution in [0.1, 0.15) is 64.7 Å². The standard InChI is InChI=1S/C18H17.C9H13.2CH3.2ClH.H2Si.Zr/c1-12-10-14(3)18(11-13(12)2)17-9-8-15-6-4-5-7-16(15)17;1-6-5-7(2)9(4)8(6)3;;;;;;/h4-11H,1-3H3;6H,1-4H3;2*1H3;2*1H;1H2;. The molecule has 2 aliphatic rings. The van der Waals surface area contributed by atoms with Crippen molar-refractivity contribution in [2.45, 2.75) is 61.4 Å². The number of halogens is 2. The van der Waals surface area contributed by atoms with Gasteiger partial charge in [0.05, 0.1) is 0 Å².